The summed E-state index contributed by atoms with van der Waals surface area (Å²) in [6, 6.07) is 2.92. The number of benzene rings is 1. The fraction of sp³-hybridized carbons (Fsp3) is 0.0909. The van der Waals surface area contributed by atoms with Crippen molar-refractivity contribution in [2.24, 2.45) is 0 Å². The molecule has 1 rings (SSSR count). The van der Waals surface area contributed by atoms with E-state index in [0.29, 0.717) is 0 Å². The maximum absolute atomic E-state index is 13.4. The Hall–Kier alpha value is -2.74. The highest BCUT2D eigenvalue weighted by Crippen LogP contribution is 2.26. The molecule has 19 heavy (non-hydrogen) atoms. The Bertz CT molecular complexity index is 580. The molecule has 0 fully saturated rings. The van der Waals surface area contributed by atoms with Crippen LogP contribution in [0.1, 0.15) is 5.56 Å². The standard InChI is InChI=1S/C11H6F4N4/c1-5-7(12)9(14)11(10(15)8(5)13)19-18-4-6(2-16)3-17/h4,18-19H,1H3. The lowest BCUT2D eigenvalue weighted by molar-refractivity contribution is 0.448. The molecule has 0 unspecified atom stereocenters. The number of nitrogens with zero attached hydrogens (tertiary/aromatic N) is 2. The Kier molecular flexibility index (Phi) is 4.32. The number of hydrogen-bond donors (Lipinski definition) is 2. The highest BCUT2D eigenvalue weighted by molar-refractivity contribution is 5.49. The van der Waals surface area contributed by atoms with Crippen molar-refractivity contribution in [2.45, 2.75) is 6.92 Å². The van der Waals surface area contributed by atoms with E-state index in [-0.39, 0.29) is 0 Å². The van der Waals surface area contributed by atoms with Gasteiger partial charge in [-0.3, -0.25) is 5.43 Å². The summed E-state index contributed by atoms with van der Waals surface area (Å²) in [5, 5.41) is 16.8. The largest absolute Gasteiger partial charge is 0.306 e. The highest BCUT2D eigenvalue weighted by atomic mass is 19.2. The average molecular weight is 270 g/mol. The van der Waals surface area contributed by atoms with Gasteiger partial charge in [0.2, 0.25) is 0 Å². The van der Waals surface area contributed by atoms with Crippen LogP contribution in [0, 0.1) is 52.9 Å². The molecular formula is C11H6F4N4. The Morgan fingerprint density at radius 3 is 1.89 bits per heavy atom. The molecule has 8 heteroatoms. The van der Waals surface area contributed by atoms with Crippen molar-refractivity contribution >= 4 is 5.69 Å². The van der Waals surface area contributed by atoms with Gasteiger partial charge in [-0.2, -0.15) is 10.5 Å². The minimum Gasteiger partial charge on any atom is -0.306 e. The molecule has 0 heterocycles. The van der Waals surface area contributed by atoms with Crippen LogP contribution >= 0.6 is 0 Å². The van der Waals surface area contributed by atoms with E-state index in [1.54, 1.807) is 0 Å². The third-order valence-corrected chi connectivity index (χ3v) is 2.14. The van der Waals surface area contributed by atoms with Crippen LogP contribution in [0.25, 0.3) is 0 Å². The smallest absolute Gasteiger partial charge is 0.187 e. The van der Waals surface area contributed by atoms with Crippen LogP contribution < -0.4 is 10.9 Å². The zero-order chi connectivity index (χ0) is 14.6. The summed E-state index contributed by atoms with van der Waals surface area (Å²) >= 11 is 0. The first-order chi connectivity index (χ1) is 8.93. The SMILES string of the molecule is Cc1c(F)c(F)c(NNC=C(C#N)C#N)c(F)c1F. The lowest BCUT2D eigenvalue weighted by Crippen LogP contribution is -2.19. The van der Waals surface area contributed by atoms with E-state index in [1.165, 1.54) is 12.1 Å². The third-order valence-electron chi connectivity index (χ3n) is 2.14. The molecule has 0 amide bonds. The number of nitriles is 2. The highest BCUT2D eigenvalue weighted by Gasteiger charge is 2.22. The van der Waals surface area contributed by atoms with Crippen molar-refractivity contribution in [2.75, 3.05) is 5.43 Å². The molecule has 0 saturated carbocycles. The van der Waals surface area contributed by atoms with Crippen LogP contribution in [-0.4, -0.2) is 0 Å². The third kappa shape index (κ3) is 2.75. The van der Waals surface area contributed by atoms with Crippen molar-refractivity contribution in [3.63, 3.8) is 0 Å². The van der Waals surface area contributed by atoms with Crippen LogP contribution in [0.2, 0.25) is 0 Å². The van der Waals surface area contributed by atoms with Crippen LogP contribution in [0.3, 0.4) is 0 Å². The molecule has 4 nitrogen and oxygen atoms in total. The molecule has 2 N–H and O–H groups in total. The minimum absolute atomic E-state index is 0.402. The maximum atomic E-state index is 13.4. The molecule has 0 aliphatic carbocycles. The van der Waals surface area contributed by atoms with E-state index in [4.69, 9.17) is 10.5 Å². The van der Waals surface area contributed by atoms with E-state index in [0.717, 1.165) is 13.1 Å². The van der Waals surface area contributed by atoms with Gasteiger partial charge in [0, 0.05) is 11.8 Å². The van der Waals surface area contributed by atoms with Crippen LogP contribution in [0.15, 0.2) is 11.8 Å². The summed E-state index contributed by atoms with van der Waals surface area (Å²) in [5.41, 5.74) is 1.54. The molecule has 0 radical (unpaired) electrons. The van der Waals surface area contributed by atoms with Gasteiger partial charge in [-0.05, 0) is 6.92 Å². The van der Waals surface area contributed by atoms with E-state index in [9.17, 15) is 17.6 Å². The normalized spacial score (nSPS) is 9.21. The lowest BCUT2D eigenvalue weighted by Gasteiger charge is -2.11. The Balaban J connectivity index is 3.08. The average Bonchev–Trinajstić information content (AvgIpc) is 2.42. The molecule has 0 spiro atoms. The van der Waals surface area contributed by atoms with E-state index < -0.39 is 40.1 Å². The first-order valence-electron chi connectivity index (χ1n) is 4.78. The van der Waals surface area contributed by atoms with Crippen molar-refractivity contribution < 1.29 is 17.6 Å². The molecule has 0 atom stereocenters. The van der Waals surface area contributed by atoms with Gasteiger partial charge >= 0.3 is 0 Å². The van der Waals surface area contributed by atoms with Crippen molar-refractivity contribution in [3.8, 4) is 12.1 Å². The van der Waals surface area contributed by atoms with E-state index in [2.05, 4.69) is 0 Å². The predicted molar refractivity (Wildman–Crippen MR) is 57.1 cm³/mol. The summed E-state index contributed by atoms with van der Waals surface area (Å²) in [4.78, 5) is 0. The molecule has 0 aliphatic rings. The fourth-order valence-electron chi connectivity index (χ4n) is 1.12. The summed E-state index contributed by atoms with van der Waals surface area (Å²) < 4.78 is 53.1. The quantitative estimate of drug-likeness (QED) is 0.383. The topological polar surface area (TPSA) is 71.6 Å². The summed E-state index contributed by atoms with van der Waals surface area (Å²) in [7, 11) is 0. The number of hydrogen-bond acceptors (Lipinski definition) is 4. The molecular weight excluding hydrogens is 264 g/mol. The molecule has 1 aromatic rings. The van der Waals surface area contributed by atoms with Gasteiger partial charge in [0.05, 0.1) is 0 Å². The van der Waals surface area contributed by atoms with Gasteiger partial charge in [0.1, 0.15) is 23.4 Å². The number of allylic oxidation sites excluding steroid dienone is 1. The van der Waals surface area contributed by atoms with Gasteiger partial charge in [-0.15, -0.1) is 0 Å². The molecule has 0 aromatic heterocycles. The molecule has 0 aliphatic heterocycles. The second-order valence-electron chi connectivity index (χ2n) is 3.31. The van der Waals surface area contributed by atoms with E-state index in [1.807, 2.05) is 10.9 Å². The van der Waals surface area contributed by atoms with Crippen LogP contribution in [-0.2, 0) is 0 Å². The van der Waals surface area contributed by atoms with Gasteiger partial charge in [-0.1, -0.05) is 0 Å². The first-order valence-corrected chi connectivity index (χ1v) is 4.78. The molecule has 1 aromatic carbocycles. The lowest BCUT2D eigenvalue weighted by atomic mass is 10.2. The monoisotopic (exact) mass is 270 g/mol. The minimum atomic E-state index is -1.62. The zero-order valence-electron chi connectivity index (χ0n) is 9.48. The summed E-state index contributed by atoms with van der Waals surface area (Å²) in [6.45, 7) is 0.886. The fourth-order valence-corrected chi connectivity index (χ4v) is 1.12. The van der Waals surface area contributed by atoms with Crippen molar-refractivity contribution in [3.05, 3.63) is 40.6 Å². The zero-order valence-corrected chi connectivity index (χ0v) is 9.48. The Morgan fingerprint density at radius 1 is 1.00 bits per heavy atom. The molecule has 98 valence electrons. The number of nitrogens with one attached hydrogen (secondary N) is 2. The summed E-state index contributed by atoms with van der Waals surface area (Å²) in [6.07, 6.45) is 0.786. The van der Waals surface area contributed by atoms with Crippen LogP contribution in [0.4, 0.5) is 23.2 Å². The Labute approximate surface area is 105 Å². The maximum Gasteiger partial charge on any atom is 0.187 e. The second-order valence-corrected chi connectivity index (χ2v) is 3.31. The number of anilines is 1. The summed E-state index contributed by atoms with van der Waals surface area (Å²) in [5.74, 6) is -6.30. The second kappa shape index (κ2) is 5.74. The van der Waals surface area contributed by atoms with Crippen molar-refractivity contribution in [1.82, 2.24) is 5.43 Å². The number of rotatable bonds is 3. The molecule has 0 saturated heterocycles. The number of halogens is 4. The van der Waals surface area contributed by atoms with Gasteiger partial charge in [0.15, 0.2) is 23.3 Å². The first kappa shape index (κ1) is 14.3. The van der Waals surface area contributed by atoms with Crippen LogP contribution in [0.5, 0.6) is 0 Å². The molecule has 0 bridgehead atoms. The van der Waals surface area contributed by atoms with Gasteiger partial charge in [-0.25, -0.2) is 17.6 Å². The predicted octanol–water partition coefficient (Wildman–Crippen LogP) is 2.40. The van der Waals surface area contributed by atoms with E-state index >= 15 is 0 Å². The van der Waals surface area contributed by atoms with Gasteiger partial charge in [0.25, 0.3) is 0 Å². The van der Waals surface area contributed by atoms with Gasteiger partial charge < -0.3 is 5.43 Å². The van der Waals surface area contributed by atoms with Crippen molar-refractivity contribution in [1.29, 1.82) is 10.5 Å². The number of hydrazine groups is 1. The Morgan fingerprint density at radius 2 is 1.47 bits per heavy atom.